The summed E-state index contributed by atoms with van der Waals surface area (Å²) in [5, 5.41) is 0.255. The molecule has 2 rings (SSSR count). The van der Waals surface area contributed by atoms with E-state index < -0.39 is 15.1 Å². The van der Waals surface area contributed by atoms with Crippen molar-refractivity contribution in [2.24, 2.45) is 5.84 Å². The summed E-state index contributed by atoms with van der Waals surface area (Å²) < 4.78 is 24.2. The Morgan fingerprint density at radius 3 is 2.84 bits per heavy atom. The number of benzene rings is 1. The Balaban J connectivity index is 2.16. The first kappa shape index (κ1) is 14.8. The number of rotatable bonds is 4. The monoisotopic (exact) mass is 302 g/mol. The Hall–Kier alpha value is -0.620. The number of halogens is 1. The zero-order valence-corrected chi connectivity index (χ0v) is 12.3. The van der Waals surface area contributed by atoms with Gasteiger partial charge in [-0.2, -0.15) is 0 Å². The smallest absolute Gasteiger partial charge is 0.154 e. The SMILES string of the molecule is NNC(Cc1cccc(Cl)c1)C1CCCCS1(=O)=O. The van der Waals surface area contributed by atoms with Crippen LogP contribution in [0.5, 0.6) is 0 Å². The summed E-state index contributed by atoms with van der Waals surface area (Å²) >= 11 is 5.94. The fourth-order valence-corrected chi connectivity index (χ4v) is 4.97. The molecule has 2 atom stereocenters. The summed E-state index contributed by atoms with van der Waals surface area (Å²) in [5.41, 5.74) is 3.67. The molecule has 106 valence electrons. The molecular weight excluding hydrogens is 284 g/mol. The molecule has 0 spiro atoms. The fourth-order valence-electron chi connectivity index (χ4n) is 2.65. The molecular formula is C13H19ClN2O2S. The first-order valence-corrected chi connectivity index (χ1v) is 8.54. The fraction of sp³-hybridized carbons (Fsp3) is 0.538. The van der Waals surface area contributed by atoms with Crippen molar-refractivity contribution >= 4 is 21.4 Å². The molecule has 0 bridgehead atoms. The zero-order chi connectivity index (χ0) is 13.9. The molecule has 1 aromatic carbocycles. The largest absolute Gasteiger partial charge is 0.271 e. The summed E-state index contributed by atoms with van der Waals surface area (Å²) in [4.78, 5) is 0. The van der Waals surface area contributed by atoms with Crippen molar-refractivity contribution < 1.29 is 8.42 Å². The highest BCUT2D eigenvalue weighted by Crippen LogP contribution is 2.24. The van der Waals surface area contributed by atoms with Gasteiger partial charge in [-0.25, -0.2) is 8.42 Å². The van der Waals surface area contributed by atoms with E-state index in [1.165, 1.54) is 0 Å². The molecule has 19 heavy (non-hydrogen) atoms. The van der Waals surface area contributed by atoms with Gasteiger partial charge in [-0.15, -0.1) is 0 Å². The van der Waals surface area contributed by atoms with E-state index in [4.69, 9.17) is 17.4 Å². The molecule has 2 unspecified atom stereocenters. The molecule has 1 aromatic rings. The molecule has 1 aliphatic rings. The Morgan fingerprint density at radius 2 is 2.21 bits per heavy atom. The standard InChI is InChI=1S/C13H19ClN2O2S/c14-11-5-3-4-10(8-11)9-12(16-15)13-6-1-2-7-19(13,17)18/h3-5,8,12-13,16H,1-2,6-7,9,15H2. The van der Waals surface area contributed by atoms with Gasteiger partial charge in [-0.3, -0.25) is 11.3 Å². The molecule has 0 radical (unpaired) electrons. The van der Waals surface area contributed by atoms with Crippen molar-refractivity contribution in [3.05, 3.63) is 34.9 Å². The van der Waals surface area contributed by atoms with E-state index in [2.05, 4.69) is 5.43 Å². The normalized spacial score (nSPS) is 24.0. The summed E-state index contributed by atoms with van der Waals surface area (Å²) in [6.07, 6.45) is 2.95. The summed E-state index contributed by atoms with van der Waals surface area (Å²) in [7, 11) is -3.04. The average Bonchev–Trinajstić information content (AvgIpc) is 2.36. The van der Waals surface area contributed by atoms with Gasteiger partial charge in [0.15, 0.2) is 9.84 Å². The first-order chi connectivity index (χ1) is 9.03. The number of hydrogen-bond acceptors (Lipinski definition) is 4. The minimum absolute atomic E-state index is 0.260. The minimum Gasteiger partial charge on any atom is -0.271 e. The topological polar surface area (TPSA) is 72.2 Å². The third-order valence-corrected chi connectivity index (χ3v) is 6.22. The second-order valence-electron chi connectivity index (χ2n) is 5.01. The summed E-state index contributed by atoms with van der Waals surface area (Å²) in [6, 6.07) is 7.18. The van der Waals surface area contributed by atoms with Gasteiger partial charge in [0.05, 0.1) is 11.0 Å². The Labute approximate surface area is 119 Å². The molecule has 1 saturated heterocycles. The van der Waals surface area contributed by atoms with Crippen molar-refractivity contribution in [2.75, 3.05) is 5.75 Å². The molecule has 6 heteroatoms. The van der Waals surface area contributed by atoms with Crippen LogP contribution >= 0.6 is 11.6 Å². The predicted molar refractivity (Wildman–Crippen MR) is 77.7 cm³/mol. The summed E-state index contributed by atoms with van der Waals surface area (Å²) in [6.45, 7) is 0. The number of nitrogens with one attached hydrogen (secondary N) is 1. The van der Waals surface area contributed by atoms with Crippen LogP contribution in [0.25, 0.3) is 0 Å². The van der Waals surface area contributed by atoms with Gasteiger partial charge in [-0.05, 0) is 37.0 Å². The van der Waals surface area contributed by atoms with Crippen LogP contribution in [0.1, 0.15) is 24.8 Å². The van der Waals surface area contributed by atoms with Gasteiger partial charge in [0.2, 0.25) is 0 Å². The second-order valence-corrected chi connectivity index (χ2v) is 7.78. The van der Waals surface area contributed by atoms with Crippen molar-refractivity contribution in [3.8, 4) is 0 Å². The van der Waals surface area contributed by atoms with Gasteiger partial charge >= 0.3 is 0 Å². The summed E-state index contributed by atoms with van der Waals surface area (Å²) in [5.74, 6) is 5.83. The highest BCUT2D eigenvalue weighted by Gasteiger charge is 2.35. The van der Waals surface area contributed by atoms with Crippen LogP contribution in [0.15, 0.2) is 24.3 Å². The zero-order valence-electron chi connectivity index (χ0n) is 10.7. The van der Waals surface area contributed by atoms with E-state index in [9.17, 15) is 8.42 Å². The lowest BCUT2D eigenvalue weighted by Crippen LogP contribution is -2.50. The van der Waals surface area contributed by atoms with Gasteiger partial charge in [0, 0.05) is 11.1 Å². The van der Waals surface area contributed by atoms with Crippen molar-refractivity contribution in [3.63, 3.8) is 0 Å². The lowest BCUT2D eigenvalue weighted by Gasteiger charge is -2.29. The molecule has 0 amide bonds. The maximum absolute atomic E-state index is 12.1. The van der Waals surface area contributed by atoms with Crippen LogP contribution in [0.2, 0.25) is 5.02 Å². The Kier molecular flexibility index (Phi) is 4.84. The van der Waals surface area contributed by atoms with E-state index in [1.807, 2.05) is 18.2 Å². The van der Waals surface area contributed by atoms with E-state index in [0.717, 1.165) is 18.4 Å². The molecule has 3 N–H and O–H groups in total. The minimum atomic E-state index is -3.04. The lowest BCUT2D eigenvalue weighted by molar-refractivity contribution is 0.440. The third kappa shape index (κ3) is 3.69. The molecule has 0 aliphatic carbocycles. The number of hydrogen-bond donors (Lipinski definition) is 2. The lowest BCUT2D eigenvalue weighted by atomic mass is 10.00. The number of sulfone groups is 1. The quantitative estimate of drug-likeness (QED) is 0.656. The van der Waals surface area contributed by atoms with Crippen molar-refractivity contribution in [1.29, 1.82) is 0 Å². The van der Waals surface area contributed by atoms with Crippen molar-refractivity contribution in [2.45, 2.75) is 37.0 Å². The number of nitrogens with two attached hydrogens (primary N) is 1. The Bertz CT molecular complexity index is 533. The van der Waals surface area contributed by atoms with Crippen LogP contribution in [0, 0.1) is 0 Å². The van der Waals surface area contributed by atoms with Crippen LogP contribution in [-0.2, 0) is 16.3 Å². The third-order valence-electron chi connectivity index (χ3n) is 3.64. The maximum Gasteiger partial charge on any atom is 0.154 e. The van der Waals surface area contributed by atoms with Crippen LogP contribution in [-0.4, -0.2) is 25.5 Å². The number of hydrazine groups is 1. The highest BCUT2D eigenvalue weighted by molar-refractivity contribution is 7.92. The maximum atomic E-state index is 12.1. The van der Waals surface area contributed by atoms with E-state index in [-0.39, 0.29) is 11.8 Å². The molecule has 1 fully saturated rings. The molecule has 0 aromatic heterocycles. The Morgan fingerprint density at radius 1 is 1.42 bits per heavy atom. The average molecular weight is 303 g/mol. The van der Waals surface area contributed by atoms with Gasteiger partial charge in [0.1, 0.15) is 0 Å². The van der Waals surface area contributed by atoms with Crippen LogP contribution in [0.4, 0.5) is 0 Å². The second kappa shape index (κ2) is 6.22. The van der Waals surface area contributed by atoms with E-state index >= 15 is 0 Å². The van der Waals surface area contributed by atoms with Crippen molar-refractivity contribution in [1.82, 2.24) is 5.43 Å². The van der Waals surface area contributed by atoms with Gasteiger partial charge < -0.3 is 0 Å². The molecule has 1 aliphatic heterocycles. The molecule has 1 heterocycles. The van der Waals surface area contributed by atoms with Gasteiger partial charge in [0.25, 0.3) is 0 Å². The molecule has 4 nitrogen and oxygen atoms in total. The van der Waals surface area contributed by atoms with Crippen LogP contribution < -0.4 is 11.3 Å². The van der Waals surface area contributed by atoms with E-state index in [1.54, 1.807) is 6.07 Å². The van der Waals surface area contributed by atoms with E-state index in [0.29, 0.717) is 17.9 Å². The first-order valence-electron chi connectivity index (χ1n) is 6.45. The van der Waals surface area contributed by atoms with Crippen LogP contribution in [0.3, 0.4) is 0 Å². The predicted octanol–water partition coefficient (Wildman–Crippen LogP) is 1.68. The molecule has 0 saturated carbocycles. The van der Waals surface area contributed by atoms with Gasteiger partial charge in [-0.1, -0.05) is 30.2 Å². The highest BCUT2D eigenvalue weighted by atomic mass is 35.5.